The van der Waals surface area contributed by atoms with Gasteiger partial charge in [0.05, 0.1) is 29.5 Å². The highest BCUT2D eigenvalue weighted by atomic mass is 32.2. The zero-order valence-corrected chi connectivity index (χ0v) is 20.7. The summed E-state index contributed by atoms with van der Waals surface area (Å²) in [5.74, 6) is 0.750. The summed E-state index contributed by atoms with van der Waals surface area (Å²) in [6, 6.07) is 21.7. The highest BCUT2D eigenvalue weighted by Gasteiger charge is 2.27. The number of benzene rings is 3. The number of hydrogen-bond donors (Lipinski definition) is 1. The molecule has 1 N–H and O–H groups in total. The van der Waals surface area contributed by atoms with Crippen LogP contribution in [0, 0.1) is 0 Å². The minimum atomic E-state index is -4.00. The highest BCUT2D eigenvalue weighted by Crippen LogP contribution is 2.25. The van der Waals surface area contributed by atoms with Crippen molar-refractivity contribution in [3.63, 3.8) is 0 Å². The second-order valence-electron chi connectivity index (χ2n) is 7.78. The number of sulfonamides is 1. The van der Waals surface area contributed by atoms with Crippen molar-refractivity contribution in [2.45, 2.75) is 31.8 Å². The van der Waals surface area contributed by atoms with Gasteiger partial charge in [-0.25, -0.2) is 13.8 Å². The van der Waals surface area contributed by atoms with E-state index >= 15 is 0 Å². The van der Waals surface area contributed by atoms with Crippen molar-refractivity contribution in [3.05, 3.63) is 84.4 Å². The number of rotatable bonds is 11. The molecular formula is C26H29N3O5S. The molecule has 0 aliphatic heterocycles. The van der Waals surface area contributed by atoms with E-state index in [0.29, 0.717) is 18.0 Å². The van der Waals surface area contributed by atoms with Gasteiger partial charge >= 0.3 is 0 Å². The van der Waals surface area contributed by atoms with Crippen LogP contribution < -0.4 is 19.2 Å². The Balaban J connectivity index is 1.75. The van der Waals surface area contributed by atoms with E-state index < -0.39 is 22.5 Å². The average Bonchev–Trinajstić information content (AvgIpc) is 2.84. The number of hydrazone groups is 1. The molecule has 9 heteroatoms. The molecule has 0 fully saturated rings. The lowest BCUT2D eigenvalue weighted by Gasteiger charge is -2.24. The van der Waals surface area contributed by atoms with Crippen molar-refractivity contribution in [1.29, 1.82) is 0 Å². The zero-order valence-electron chi connectivity index (χ0n) is 19.9. The Morgan fingerprint density at radius 3 is 2.20 bits per heavy atom. The third-order valence-electron chi connectivity index (χ3n) is 4.71. The smallest absolute Gasteiger partial charge is 0.264 e. The van der Waals surface area contributed by atoms with Gasteiger partial charge in [0.15, 0.2) is 0 Å². The average molecular weight is 496 g/mol. The maximum Gasteiger partial charge on any atom is 0.264 e. The number of anilines is 1. The van der Waals surface area contributed by atoms with Crippen LogP contribution in [0.15, 0.2) is 88.9 Å². The number of amides is 1. The van der Waals surface area contributed by atoms with E-state index in [2.05, 4.69) is 10.5 Å². The Kier molecular flexibility index (Phi) is 8.86. The van der Waals surface area contributed by atoms with Crippen LogP contribution in [-0.2, 0) is 14.8 Å². The summed E-state index contributed by atoms with van der Waals surface area (Å²) >= 11 is 0. The number of nitrogens with zero attached hydrogens (tertiary/aromatic N) is 2. The highest BCUT2D eigenvalue weighted by molar-refractivity contribution is 7.92. The summed E-state index contributed by atoms with van der Waals surface area (Å²) < 4.78 is 38.8. The van der Waals surface area contributed by atoms with Crippen LogP contribution >= 0.6 is 0 Å². The van der Waals surface area contributed by atoms with Gasteiger partial charge in [-0.05, 0) is 87.0 Å². The van der Waals surface area contributed by atoms with Gasteiger partial charge < -0.3 is 9.47 Å². The molecule has 1 amide bonds. The minimum absolute atomic E-state index is 0.0688. The Morgan fingerprint density at radius 1 is 0.971 bits per heavy atom. The number of hydrogen-bond acceptors (Lipinski definition) is 6. The zero-order chi connectivity index (χ0) is 25.3. The molecule has 0 spiro atoms. The predicted octanol–water partition coefficient (Wildman–Crippen LogP) is 4.22. The molecule has 0 unspecified atom stereocenters. The number of carbonyl (C=O) groups is 1. The molecule has 0 saturated carbocycles. The van der Waals surface area contributed by atoms with Crippen LogP contribution in [0.3, 0.4) is 0 Å². The van der Waals surface area contributed by atoms with Gasteiger partial charge in [0, 0.05) is 0 Å². The molecule has 0 aliphatic carbocycles. The van der Waals surface area contributed by atoms with Crippen molar-refractivity contribution < 1.29 is 22.7 Å². The van der Waals surface area contributed by atoms with E-state index in [1.54, 1.807) is 54.6 Å². The Labute approximate surface area is 206 Å². The first-order valence-corrected chi connectivity index (χ1v) is 12.6. The van der Waals surface area contributed by atoms with E-state index in [-0.39, 0.29) is 11.0 Å². The van der Waals surface area contributed by atoms with Crippen LogP contribution in [0.25, 0.3) is 0 Å². The first-order valence-electron chi connectivity index (χ1n) is 11.2. The van der Waals surface area contributed by atoms with Gasteiger partial charge in [-0.2, -0.15) is 5.10 Å². The summed E-state index contributed by atoms with van der Waals surface area (Å²) in [6.45, 7) is 5.78. The lowest BCUT2D eigenvalue weighted by molar-refractivity contribution is -0.119. The van der Waals surface area contributed by atoms with Crippen molar-refractivity contribution in [1.82, 2.24) is 5.43 Å². The van der Waals surface area contributed by atoms with E-state index in [1.807, 2.05) is 32.9 Å². The SMILES string of the molecule is CCOc1ccc(N(CC(=O)N/N=C\c2ccc(OC(C)C)cc2)S(=O)(=O)c2ccccc2)cc1. The van der Waals surface area contributed by atoms with Crippen LogP contribution in [0.2, 0.25) is 0 Å². The molecule has 184 valence electrons. The summed E-state index contributed by atoms with van der Waals surface area (Å²) in [5.41, 5.74) is 3.48. The van der Waals surface area contributed by atoms with Gasteiger partial charge in [-0.1, -0.05) is 18.2 Å². The van der Waals surface area contributed by atoms with Crippen molar-refractivity contribution in [2.75, 3.05) is 17.5 Å². The van der Waals surface area contributed by atoms with Crippen LogP contribution in [-0.4, -0.2) is 39.8 Å². The normalized spacial score (nSPS) is 11.4. The van der Waals surface area contributed by atoms with E-state index in [1.165, 1.54) is 18.3 Å². The maximum absolute atomic E-state index is 13.3. The summed E-state index contributed by atoms with van der Waals surface area (Å²) in [6.07, 6.45) is 1.54. The lowest BCUT2D eigenvalue weighted by atomic mass is 10.2. The first kappa shape index (κ1) is 25.8. The van der Waals surface area contributed by atoms with Crippen molar-refractivity contribution in [2.24, 2.45) is 5.10 Å². The first-order chi connectivity index (χ1) is 16.8. The van der Waals surface area contributed by atoms with E-state index in [9.17, 15) is 13.2 Å². The second kappa shape index (κ2) is 12.0. The Morgan fingerprint density at radius 2 is 1.60 bits per heavy atom. The largest absolute Gasteiger partial charge is 0.494 e. The van der Waals surface area contributed by atoms with Gasteiger partial charge in [0.1, 0.15) is 18.0 Å². The minimum Gasteiger partial charge on any atom is -0.494 e. The molecule has 0 saturated heterocycles. The van der Waals surface area contributed by atoms with Crippen LogP contribution in [0.4, 0.5) is 5.69 Å². The number of nitrogens with one attached hydrogen (secondary N) is 1. The molecule has 0 heterocycles. The Hall–Kier alpha value is -3.85. The second-order valence-corrected chi connectivity index (χ2v) is 9.64. The van der Waals surface area contributed by atoms with Gasteiger partial charge in [-0.3, -0.25) is 9.10 Å². The molecular weight excluding hydrogens is 466 g/mol. The molecule has 0 radical (unpaired) electrons. The molecule has 3 rings (SSSR count). The monoisotopic (exact) mass is 495 g/mol. The molecule has 0 atom stereocenters. The fourth-order valence-corrected chi connectivity index (χ4v) is 4.60. The van der Waals surface area contributed by atoms with E-state index in [0.717, 1.165) is 15.6 Å². The van der Waals surface area contributed by atoms with Crippen molar-refractivity contribution >= 4 is 27.8 Å². The summed E-state index contributed by atoms with van der Waals surface area (Å²) in [4.78, 5) is 12.7. The third-order valence-corrected chi connectivity index (χ3v) is 6.50. The van der Waals surface area contributed by atoms with Gasteiger partial charge in [-0.15, -0.1) is 0 Å². The summed E-state index contributed by atoms with van der Waals surface area (Å²) in [5, 5.41) is 3.97. The van der Waals surface area contributed by atoms with Crippen molar-refractivity contribution in [3.8, 4) is 11.5 Å². The molecule has 3 aromatic rings. The number of carbonyl (C=O) groups excluding carboxylic acids is 1. The number of ether oxygens (including phenoxy) is 2. The van der Waals surface area contributed by atoms with E-state index in [4.69, 9.17) is 9.47 Å². The quantitative estimate of drug-likeness (QED) is 0.317. The van der Waals surface area contributed by atoms with Crippen LogP contribution in [0.1, 0.15) is 26.3 Å². The summed E-state index contributed by atoms with van der Waals surface area (Å²) in [7, 11) is -4.00. The molecule has 0 bridgehead atoms. The molecule has 0 aliphatic rings. The predicted molar refractivity (Wildman–Crippen MR) is 137 cm³/mol. The fourth-order valence-electron chi connectivity index (χ4n) is 3.16. The standard InChI is InChI=1S/C26H29N3O5S/c1-4-33-23-16-12-22(13-17-23)29(35(31,32)25-8-6-5-7-9-25)19-26(30)28-27-18-21-10-14-24(15-11-21)34-20(2)3/h5-18,20H,4,19H2,1-3H3,(H,28,30)/b27-18-. The topological polar surface area (TPSA) is 97.3 Å². The fraction of sp³-hybridized carbons (Fsp3) is 0.231. The van der Waals surface area contributed by atoms with Gasteiger partial charge in [0.25, 0.3) is 15.9 Å². The molecule has 8 nitrogen and oxygen atoms in total. The maximum atomic E-state index is 13.3. The molecule has 3 aromatic carbocycles. The Bertz CT molecular complexity index is 1230. The third kappa shape index (κ3) is 7.31. The van der Waals surface area contributed by atoms with Gasteiger partial charge in [0.2, 0.25) is 0 Å². The van der Waals surface area contributed by atoms with Crippen LogP contribution in [0.5, 0.6) is 11.5 Å². The molecule has 35 heavy (non-hydrogen) atoms. The molecule has 0 aromatic heterocycles. The lowest BCUT2D eigenvalue weighted by Crippen LogP contribution is -2.39.